The van der Waals surface area contributed by atoms with Crippen molar-refractivity contribution >= 4 is 34.2 Å². The highest BCUT2D eigenvalue weighted by atomic mass is 127. The maximum Gasteiger partial charge on any atom is 0.326 e. The maximum atomic E-state index is 11.2. The van der Waals surface area contributed by atoms with Crippen molar-refractivity contribution in [1.29, 1.82) is 0 Å². The SMILES string of the molecule is CCCN(c1ccc(I)cc1)C(CC)C(=O)O. The van der Waals surface area contributed by atoms with Crippen molar-refractivity contribution in [3.05, 3.63) is 27.8 Å². The summed E-state index contributed by atoms with van der Waals surface area (Å²) >= 11 is 2.25. The lowest BCUT2D eigenvalue weighted by Gasteiger charge is -2.30. The fourth-order valence-corrected chi connectivity index (χ4v) is 2.23. The summed E-state index contributed by atoms with van der Waals surface area (Å²) in [5.74, 6) is -0.750. The monoisotopic (exact) mass is 347 g/mol. The molecule has 1 aromatic carbocycles. The van der Waals surface area contributed by atoms with E-state index >= 15 is 0 Å². The van der Waals surface area contributed by atoms with E-state index in [-0.39, 0.29) is 0 Å². The van der Waals surface area contributed by atoms with Crippen LogP contribution in [0, 0.1) is 3.57 Å². The van der Waals surface area contributed by atoms with Gasteiger partial charge in [0.15, 0.2) is 0 Å². The largest absolute Gasteiger partial charge is 0.480 e. The molecular formula is C13H18INO2. The van der Waals surface area contributed by atoms with Gasteiger partial charge in [-0.15, -0.1) is 0 Å². The smallest absolute Gasteiger partial charge is 0.326 e. The number of hydrogen-bond donors (Lipinski definition) is 1. The van der Waals surface area contributed by atoms with Crippen molar-refractivity contribution in [3.63, 3.8) is 0 Å². The van der Waals surface area contributed by atoms with Crippen LogP contribution in [0.25, 0.3) is 0 Å². The van der Waals surface area contributed by atoms with Crippen LogP contribution in [0.3, 0.4) is 0 Å². The molecular weight excluding hydrogens is 329 g/mol. The van der Waals surface area contributed by atoms with E-state index in [4.69, 9.17) is 0 Å². The molecule has 0 heterocycles. The van der Waals surface area contributed by atoms with Crippen LogP contribution in [0.1, 0.15) is 26.7 Å². The highest BCUT2D eigenvalue weighted by Crippen LogP contribution is 2.20. The standard InChI is InChI=1S/C13H18INO2/c1-3-9-15(12(4-2)13(16)17)11-7-5-10(14)6-8-11/h5-8,12H,3-4,9H2,1-2H3,(H,16,17). The lowest BCUT2D eigenvalue weighted by atomic mass is 10.1. The average Bonchev–Trinajstić information content (AvgIpc) is 2.29. The Kier molecular flexibility index (Phi) is 5.74. The Labute approximate surface area is 116 Å². The second kappa shape index (κ2) is 6.83. The summed E-state index contributed by atoms with van der Waals surface area (Å²) in [7, 11) is 0. The normalized spacial score (nSPS) is 12.2. The summed E-state index contributed by atoms with van der Waals surface area (Å²) in [5.41, 5.74) is 0.988. The fraction of sp³-hybridized carbons (Fsp3) is 0.462. The van der Waals surface area contributed by atoms with E-state index in [2.05, 4.69) is 29.5 Å². The van der Waals surface area contributed by atoms with E-state index in [0.29, 0.717) is 6.42 Å². The topological polar surface area (TPSA) is 40.5 Å². The van der Waals surface area contributed by atoms with Gasteiger partial charge < -0.3 is 10.0 Å². The first-order valence-electron chi connectivity index (χ1n) is 5.85. The lowest BCUT2D eigenvalue weighted by molar-refractivity contribution is -0.138. The minimum Gasteiger partial charge on any atom is -0.480 e. The highest BCUT2D eigenvalue weighted by molar-refractivity contribution is 14.1. The molecule has 0 aromatic heterocycles. The van der Waals surface area contributed by atoms with Crippen molar-refractivity contribution < 1.29 is 9.90 Å². The van der Waals surface area contributed by atoms with Gasteiger partial charge in [0.2, 0.25) is 0 Å². The fourth-order valence-electron chi connectivity index (χ4n) is 1.87. The molecule has 1 unspecified atom stereocenters. The van der Waals surface area contributed by atoms with Crippen LogP contribution in [0.5, 0.6) is 0 Å². The molecule has 0 amide bonds. The first kappa shape index (κ1) is 14.3. The second-order valence-corrected chi connectivity index (χ2v) is 5.18. The molecule has 0 aliphatic rings. The van der Waals surface area contributed by atoms with Crippen LogP contribution >= 0.6 is 22.6 Å². The first-order valence-corrected chi connectivity index (χ1v) is 6.93. The van der Waals surface area contributed by atoms with Crippen LogP contribution in [-0.2, 0) is 4.79 Å². The molecule has 1 aromatic rings. The molecule has 17 heavy (non-hydrogen) atoms. The summed E-state index contributed by atoms with van der Waals surface area (Å²) < 4.78 is 1.16. The number of aliphatic carboxylic acids is 1. The Morgan fingerprint density at radius 3 is 2.35 bits per heavy atom. The third-order valence-corrected chi connectivity index (χ3v) is 3.39. The summed E-state index contributed by atoms with van der Waals surface area (Å²) in [4.78, 5) is 13.2. The van der Waals surface area contributed by atoms with Crippen LogP contribution in [0.2, 0.25) is 0 Å². The average molecular weight is 347 g/mol. The van der Waals surface area contributed by atoms with E-state index in [1.165, 1.54) is 0 Å². The lowest BCUT2D eigenvalue weighted by Crippen LogP contribution is -2.41. The molecule has 0 aliphatic heterocycles. The molecule has 94 valence electrons. The van der Waals surface area contributed by atoms with E-state index in [1.54, 1.807) is 0 Å². The number of rotatable bonds is 6. The van der Waals surface area contributed by atoms with Gasteiger partial charge in [0, 0.05) is 15.8 Å². The summed E-state index contributed by atoms with van der Waals surface area (Å²) in [6.07, 6.45) is 1.55. The van der Waals surface area contributed by atoms with E-state index in [1.807, 2.05) is 36.1 Å². The number of nitrogens with zero attached hydrogens (tertiary/aromatic N) is 1. The van der Waals surface area contributed by atoms with Crippen molar-refractivity contribution in [3.8, 4) is 0 Å². The zero-order valence-electron chi connectivity index (χ0n) is 10.2. The maximum absolute atomic E-state index is 11.2. The molecule has 0 saturated carbocycles. The predicted octanol–water partition coefficient (Wildman–Crippen LogP) is 3.37. The van der Waals surface area contributed by atoms with Gasteiger partial charge in [-0.3, -0.25) is 0 Å². The molecule has 0 fully saturated rings. The Hall–Kier alpha value is -0.780. The number of hydrogen-bond acceptors (Lipinski definition) is 2. The highest BCUT2D eigenvalue weighted by Gasteiger charge is 2.23. The summed E-state index contributed by atoms with van der Waals surface area (Å²) in [5, 5.41) is 9.24. The first-order chi connectivity index (χ1) is 8.10. The van der Waals surface area contributed by atoms with Gasteiger partial charge in [0.1, 0.15) is 6.04 Å². The molecule has 3 nitrogen and oxygen atoms in total. The Balaban J connectivity index is 2.98. The van der Waals surface area contributed by atoms with Gasteiger partial charge in [-0.05, 0) is 59.7 Å². The molecule has 0 spiro atoms. The molecule has 0 radical (unpaired) electrons. The molecule has 1 atom stereocenters. The van der Waals surface area contributed by atoms with E-state index in [0.717, 1.165) is 22.2 Å². The van der Waals surface area contributed by atoms with Crippen molar-refractivity contribution in [2.45, 2.75) is 32.7 Å². The predicted molar refractivity (Wildman–Crippen MR) is 78.5 cm³/mol. The number of halogens is 1. The number of carboxylic acid groups (broad SMARTS) is 1. The Bertz CT molecular complexity index is 364. The number of anilines is 1. The zero-order chi connectivity index (χ0) is 12.8. The second-order valence-electron chi connectivity index (χ2n) is 3.93. The van der Waals surface area contributed by atoms with Crippen LogP contribution in [0.4, 0.5) is 5.69 Å². The molecule has 0 bridgehead atoms. The molecule has 1 rings (SSSR count). The third kappa shape index (κ3) is 3.87. The van der Waals surface area contributed by atoms with Gasteiger partial charge in [-0.25, -0.2) is 4.79 Å². The van der Waals surface area contributed by atoms with E-state index in [9.17, 15) is 9.90 Å². The van der Waals surface area contributed by atoms with Crippen LogP contribution < -0.4 is 4.90 Å². The summed E-state index contributed by atoms with van der Waals surface area (Å²) in [6.45, 7) is 4.74. The van der Waals surface area contributed by atoms with Gasteiger partial charge in [-0.1, -0.05) is 13.8 Å². The van der Waals surface area contributed by atoms with Crippen molar-refractivity contribution in [1.82, 2.24) is 0 Å². The zero-order valence-corrected chi connectivity index (χ0v) is 12.3. The third-order valence-electron chi connectivity index (χ3n) is 2.67. The van der Waals surface area contributed by atoms with Crippen LogP contribution in [-0.4, -0.2) is 23.7 Å². The van der Waals surface area contributed by atoms with E-state index < -0.39 is 12.0 Å². The molecule has 1 N–H and O–H groups in total. The van der Waals surface area contributed by atoms with Crippen LogP contribution in [0.15, 0.2) is 24.3 Å². The number of carboxylic acids is 1. The summed E-state index contributed by atoms with van der Waals surface area (Å²) in [6, 6.07) is 7.56. The quantitative estimate of drug-likeness (QED) is 0.803. The van der Waals surface area contributed by atoms with Gasteiger partial charge in [0.25, 0.3) is 0 Å². The Morgan fingerprint density at radius 1 is 1.35 bits per heavy atom. The number of carbonyl (C=O) groups is 1. The minimum absolute atomic E-state index is 0.435. The van der Waals surface area contributed by atoms with Crippen molar-refractivity contribution in [2.24, 2.45) is 0 Å². The van der Waals surface area contributed by atoms with Gasteiger partial charge in [0.05, 0.1) is 0 Å². The van der Waals surface area contributed by atoms with Gasteiger partial charge in [-0.2, -0.15) is 0 Å². The Morgan fingerprint density at radius 2 is 1.94 bits per heavy atom. The molecule has 0 saturated heterocycles. The van der Waals surface area contributed by atoms with Gasteiger partial charge >= 0.3 is 5.97 Å². The number of benzene rings is 1. The van der Waals surface area contributed by atoms with Crippen molar-refractivity contribution in [2.75, 3.05) is 11.4 Å². The molecule has 0 aliphatic carbocycles. The molecule has 4 heteroatoms. The minimum atomic E-state index is -0.750.